The number of thioether (sulfide) groups is 1. The molecule has 0 radical (unpaired) electrons. The third-order valence-electron chi connectivity index (χ3n) is 5.25. The molecule has 2 aromatic carbocycles. The molecule has 0 aromatic heterocycles. The molecule has 0 bridgehead atoms. The van der Waals surface area contributed by atoms with Gasteiger partial charge in [-0.2, -0.15) is 13.2 Å². The maximum Gasteiger partial charge on any atom is 0.446 e. The second-order valence-corrected chi connectivity index (χ2v) is 10.6. The number of sulfone groups is 1. The average Bonchev–Trinajstić information content (AvgIpc) is 2.74. The van der Waals surface area contributed by atoms with E-state index in [0.717, 1.165) is 6.42 Å². The number of carbonyl (C=O) groups excluding carboxylic acids is 1. The minimum atomic E-state index is -4.38. The van der Waals surface area contributed by atoms with Crippen molar-refractivity contribution in [1.29, 1.82) is 0 Å². The Balaban J connectivity index is 1.78. The van der Waals surface area contributed by atoms with Crippen molar-refractivity contribution >= 4 is 27.4 Å². The molecule has 0 amide bonds. The molecular formula is C21H21F3O5S2. The van der Waals surface area contributed by atoms with E-state index in [0.29, 0.717) is 24.3 Å². The Morgan fingerprint density at radius 1 is 0.968 bits per heavy atom. The maximum absolute atomic E-state index is 13.3. The second-order valence-electron chi connectivity index (χ2n) is 7.23. The number of hydrogen-bond acceptors (Lipinski definition) is 6. The van der Waals surface area contributed by atoms with Crippen LogP contribution in [0.4, 0.5) is 13.2 Å². The summed E-state index contributed by atoms with van der Waals surface area (Å²) in [7, 11) is -4.02. The number of aliphatic hydroxyl groups is 1. The lowest BCUT2D eigenvalue weighted by Crippen LogP contribution is -2.49. The highest BCUT2D eigenvalue weighted by molar-refractivity contribution is 8.00. The van der Waals surface area contributed by atoms with Crippen LogP contribution in [-0.4, -0.2) is 36.2 Å². The molecule has 1 aliphatic carbocycles. The summed E-state index contributed by atoms with van der Waals surface area (Å²) in [6.45, 7) is -0.830. The van der Waals surface area contributed by atoms with E-state index in [1.165, 1.54) is 48.5 Å². The van der Waals surface area contributed by atoms with Crippen LogP contribution in [0.5, 0.6) is 11.5 Å². The molecule has 10 heteroatoms. The highest BCUT2D eigenvalue weighted by Crippen LogP contribution is 2.41. The van der Waals surface area contributed by atoms with E-state index in [1.807, 2.05) is 0 Å². The number of hydrogen-bond donors (Lipinski definition) is 1. The number of aliphatic hydroxyl groups excluding tert-OH is 1. The summed E-state index contributed by atoms with van der Waals surface area (Å²) in [6.07, 6.45) is 2.37. The van der Waals surface area contributed by atoms with E-state index in [4.69, 9.17) is 4.74 Å². The lowest BCUT2D eigenvalue weighted by molar-refractivity contribution is -0.125. The molecule has 1 aliphatic rings. The van der Waals surface area contributed by atoms with Crippen molar-refractivity contribution < 1.29 is 36.2 Å². The van der Waals surface area contributed by atoms with Crippen molar-refractivity contribution in [2.24, 2.45) is 0 Å². The summed E-state index contributed by atoms with van der Waals surface area (Å²) in [5.41, 5.74) is -4.38. The molecule has 2 aromatic rings. The van der Waals surface area contributed by atoms with Gasteiger partial charge < -0.3 is 9.84 Å². The van der Waals surface area contributed by atoms with Gasteiger partial charge in [-0.25, -0.2) is 8.42 Å². The molecule has 5 nitrogen and oxygen atoms in total. The van der Waals surface area contributed by atoms with Gasteiger partial charge in [-0.3, -0.25) is 4.79 Å². The fourth-order valence-corrected chi connectivity index (χ4v) is 6.40. The van der Waals surface area contributed by atoms with Crippen LogP contribution >= 0.6 is 11.8 Å². The lowest BCUT2D eigenvalue weighted by Gasteiger charge is -2.34. The fourth-order valence-electron chi connectivity index (χ4n) is 3.72. The Morgan fingerprint density at radius 3 is 1.97 bits per heavy atom. The molecule has 0 aliphatic heterocycles. The number of benzene rings is 2. The van der Waals surface area contributed by atoms with Crippen molar-refractivity contribution in [2.75, 3.05) is 6.61 Å². The first-order chi connectivity index (χ1) is 14.6. The van der Waals surface area contributed by atoms with Crippen LogP contribution in [0.2, 0.25) is 0 Å². The van der Waals surface area contributed by atoms with Crippen LogP contribution < -0.4 is 4.74 Å². The Hall–Kier alpha value is -2.04. The summed E-state index contributed by atoms with van der Waals surface area (Å²) in [4.78, 5) is 12.4. The third kappa shape index (κ3) is 5.24. The summed E-state index contributed by atoms with van der Waals surface area (Å²) in [5.74, 6) is -0.105. The van der Waals surface area contributed by atoms with Gasteiger partial charge in [-0.05, 0) is 73.1 Å². The van der Waals surface area contributed by atoms with E-state index in [-0.39, 0.29) is 34.4 Å². The topological polar surface area (TPSA) is 80.7 Å². The molecule has 168 valence electrons. The standard InChI is InChI=1S/C21H21F3O5S2/c22-21(23,24)30-17-8-4-15(5-9-17)29-16-6-10-18(11-7-16)31(27,28)20(19(26)14-25)12-2-1-3-13-20/h4-11,25H,1-3,12-14H2. The van der Waals surface area contributed by atoms with Crippen LogP contribution in [0.3, 0.4) is 0 Å². The molecule has 1 N–H and O–H groups in total. The lowest BCUT2D eigenvalue weighted by atomic mass is 9.85. The van der Waals surface area contributed by atoms with Gasteiger partial charge in [0.2, 0.25) is 0 Å². The van der Waals surface area contributed by atoms with Gasteiger partial charge in [0.25, 0.3) is 0 Å². The Bertz CT molecular complexity index is 1010. The van der Waals surface area contributed by atoms with Crippen molar-refractivity contribution in [3.05, 3.63) is 48.5 Å². The molecule has 0 unspecified atom stereocenters. The zero-order chi connectivity index (χ0) is 22.7. The largest absolute Gasteiger partial charge is 0.457 e. The van der Waals surface area contributed by atoms with Crippen LogP contribution in [0.25, 0.3) is 0 Å². The predicted molar refractivity (Wildman–Crippen MR) is 110 cm³/mol. The average molecular weight is 475 g/mol. The molecule has 0 atom stereocenters. The van der Waals surface area contributed by atoms with Crippen molar-refractivity contribution in [3.63, 3.8) is 0 Å². The zero-order valence-corrected chi connectivity index (χ0v) is 18.0. The van der Waals surface area contributed by atoms with E-state index in [1.54, 1.807) is 0 Å². The van der Waals surface area contributed by atoms with Crippen LogP contribution in [0, 0.1) is 0 Å². The van der Waals surface area contributed by atoms with Gasteiger partial charge >= 0.3 is 5.51 Å². The molecule has 1 saturated carbocycles. The molecule has 0 heterocycles. The smallest absolute Gasteiger partial charge is 0.446 e. The molecule has 31 heavy (non-hydrogen) atoms. The monoisotopic (exact) mass is 474 g/mol. The van der Waals surface area contributed by atoms with Crippen LogP contribution in [0.15, 0.2) is 58.3 Å². The van der Waals surface area contributed by atoms with Crippen molar-refractivity contribution in [2.45, 2.75) is 52.2 Å². The molecule has 0 saturated heterocycles. The Kier molecular flexibility index (Phi) is 7.02. The van der Waals surface area contributed by atoms with Gasteiger partial charge in [0.05, 0.1) is 4.90 Å². The maximum atomic E-state index is 13.3. The number of Topliss-reactive ketones (excluding diaryl/α,β-unsaturated/α-hetero) is 1. The van der Waals surface area contributed by atoms with Gasteiger partial charge in [-0.1, -0.05) is 19.3 Å². The van der Waals surface area contributed by atoms with Gasteiger partial charge in [0, 0.05) is 4.90 Å². The first kappa shape index (κ1) is 23.6. The first-order valence-electron chi connectivity index (χ1n) is 9.60. The highest BCUT2D eigenvalue weighted by atomic mass is 32.2. The Labute approximate surface area is 182 Å². The normalized spacial score (nSPS) is 16.6. The van der Waals surface area contributed by atoms with Crippen LogP contribution in [-0.2, 0) is 14.6 Å². The van der Waals surface area contributed by atoms with E-state index in [2.05, 4.69) is 0 Å². The van der Waals surface area contributed by atoms with Gasteiger partial charge in [-0.15, -0.1) is 0 Å². The summed E-state index contributed by atoms with van der Waals surface area (Å²) >= 11 is -0.230. The Morgan fingerprint density at radius 2 is 1.48 bits per heavy atom. The first-order valence-corrected chi connectivity index (χ1v) is 11.9. The molecule has 3 rings (SSSR count). The van der Waals surface area contributed by atoms with Crippen molar-refractivity contribution in [1.82, 2.24) is 0 Å². The predicted octanol–water partition coefficient (Wildman–Crippen LogP) is 5.13. The minimum absolute atomic E-state index is 0.0209. The van der Waals surface area contributed by atoms with E-state index >= 15 is 0 Å². The fraction of sp³-hybridized carbons (Fsp3) is 0.381. The number of alkyl halides is 3. The summed E-state index contributed by atoms with van der Waals surface area (Å²) in [5, 5.41) is 9.35. The van der Waals surface area contributed by atoms with Gasteiger partial charge in [0.15, 0.2) is 15.6 Å². The van der Waals surface area contributed by atoms with Gasteiger partial charge in [0.1, 0.15) is 22.9 Å². The number of carbonyl (C=O) groups is 1. The van der Waals surface area contributed by atoms with Crippen molar-refractivity contribution in [3.8, 4) is 11.5 Å². The summed E-state index contributed by atoms with van der Waals surface area (Å²) in [6, 6.07) is 10.8. The highest BCUT2D eigenvalue weighted by Gasteiger charge is 2.50. The second kappa shape index (κ2) is 9.22. The third-order valence-corrected chi connectivity index (χ3v) is 8.55. The number of ether oxygens (including phenoxy) is 1. The number of halogens is 3. The zero-order valence-electron chi connectivity index (χ0n) is 16.4. The number of ketones is 1. The molecule has 0 spiro atoms. The number of rotatable bonds is 7. The molecular weight excluding hydrogens is 453 g/mol. The van der Waals surface area contributed by atoms with E-state index < -0.39 is 32.5 Å². The minimum Gasteiger partial charge on any atom is -0.457 e. The van der Waals surface area contributed by atoms with Crippen LogP contribution in [0.1, 0.15) is 32.1 Å². The SMILES string of the molecule is O=C(CO)C1(S(=O)(=O)c2ccc(Oc3ccc(SC(F)(F)F)cc3)cc2)CCCCC1. The summed E-state index contributed by atoms with van der Waals surface area (Å²) < 4.78 is 67.7. The van der Waals surface area contributed by atoms with E-state index in [9.17, 15) is 31.5 Å². The molecule has 1 fully saturated rings. The quantitative estimate of drug-likeness (QED) is 0.561.